The second-order valence-electron chi connectivity index (χ2n) is 7.47. The molecule has 3 fully saturated rings. The third-order valence-corrected chi connectivity index (χ3v) is 15.5. The molecule has 4 aliphatic carbocycles. The van der Waals surface area contributed by atoms with Gasteiger partial charge < -0.3 is 0 Å². The molecule has 2 saturated carbocycles. The summed E-state index contributed by atoms with van der Waals surface area (Å²) < 4.78 is 2.36. The van der Waals surface area contributed by atoms with Crippen LogP contribution >= 0.6 is 0 Å². The van der Waals surface area contributed by atoms with E-state index >= 15 is 0 Å². The quantitative estimate of drug-likeness (QED) is 0.486. The topological polar surface area (TPSA) is 0 Å². The van der Waals surface area contributed by atoms with Gasteiger partial charge in [0.15, 0.2) is 0 Å². The molecule has 0 aromatic heterocycles. The molecule has 1 aliphatic heterocycles. The molecule has 102 valence electrons. The molecule has 0 radical (unpaired) electrons. The first kappa shape index (κ1) is 12.4. The van der Waals surface area contributed by atoms with Crippen molar-refractivity contribution in [1.29, 1.82) is 0 Å². The van der Waals surface area contributed by atoms with Gasteiger partial charge in [-0.25, -0.2) is 0 Å². The van der Waals surface area contributed by atoms with Gasteiger partial charge in [-0.05, 0) is 0 Å². The summed E-state index contributed by atoms with van der Waals surface area (Å²) in [5, 5.41) is 0. The van der Waals surface area contributed by atoms with E-state index in [1.165, 1.54) is 20.2 Å². The number of allylic oxidation sites excluding steroid dienone is 8. The Morgan fingerprint density at radius 3 is 1.65 bits per heavy atom. The van der Waals surface area contributed by atoms with E-state index in [0.717, 1.165) is 35.5 Å². The third kappa shape index (κ3) is 1.74. The summed E-state index contributed by atoms with van der Waals surface area (Å²) in [6, 6.07) is 0. The van der Waals surface area contributed by atoms with Crippen molar-refractivity contribution in [3.63, 3.8) is 0 Å². The number of rotatable bonds is 0. The number of hydrogen-bond donors (Lipinski definition) is 0. The van der Waals surface area contributed by atoms with E-state index in [-0.39, 0.29) is 0 Å². The second kappa shape index (κ2) is 4.66. The minimum absolute atomic E-state index is 0.512. The average Bonchev–Trinajstić information content (AvgIpc) is 3.02. The molecule has 0 N–H and O–H groups in total. The first-order valence-corrected chi connectivity index (χ1v) is 12.5. The summed E-state index contributed by atoms with van der Waals surface area (Å²) in [5.74, 6) is 5.95. The van der Waals surface area contributed by atoms with Crippen molar-refractivity contribution >= 4 is 0 Å². The van der Waals surface area contributed by atoms with Crippen LogP contribution in [-0.4, -0.2) is 0 Å². The number of fused-ring (bicyclic) bond motifs is 6. The summed E-state index contributed by atoms with van der Waals surface area (Å²) in [6.07, 6.45) is 24.1. The van der Waals surface area contributed by atoms with Crippen LogP contribution in [-0.2, 0) is 22.9 Å². The van der Waals surface area contributed by atoms with Crippen molar-refractivity contribution in [3.8, 4) is 0 Å². The van der Waals surface area contributed by atoms with Crippen molar-refractivity contribution in [2.45, 2.75) is 26.6 Å². The van der Waals surface area contributed by atoms with Gasteiger partial charge in [0.05, 0.1) is 0 Å². The fourth-order valence-electron chi connectivity index (χ4n) is 5.80. The van der Waals surface area contributed by atoms with Crippen molar-refractivity contribution in [3.05, 3.63) is 48.6 Å². The first-order chi connectivity index (χ1) is 9.90. The summed E-state index contributed by atoms with van der Waals surface area (Å²) >= 11 is -0.512. The molecule has 8 unspecified atom stereocenters. The van der Waals surface area contributed by atoms with Crippen LogP contribution in [0.25, 0.3) is 0 Å². The Balaban J connectivity index is 1.43. The molecule has 20 heavy (non-hydrogen) atoms. The molecule has 0 spiro atoms. The zero-order valence-electron chi connectivity index (χ0n) is 11.9. The van der Waals surface area contributed by atoms with E-state index in [0.29, 0.717) is 0 Å². The first-order valence-electron chi connectivity index (χ1n) is 8.36. The zero-order chi connectivity index (χ0) is 13.1. The zero-order valence-corrected chi connectivity index (χ0v) is 15.5. The molecule has 5 aliphatic rings. The monoisotopic (exact) mass is 430 g/mol. The van der Waals surface area contributed by atoms with Gasteiger partial charge in [0.25, 0.3) is 0 Å². The maximum absolute atomic E-state index is 2.58. The molecule has 0 aromatic rings. The van der Waals surface area contributed by atoms with Crippen molar-refractivity contribution in [1.82, 2.24) is 0 Å². The van der Waals surface area contributed by atoms with Crippen LogP contribution in [0, 0.1) is 35.5 Å². The van der Waals surface area contributed by atoms with Crippen LogP contribution in [0.1, 0.15) is 19.3 Å². The van der Waals surface area contributed by atoms with Gasteiger partial charge >= 0.3 is 134 Å². The average molecular weight is 429 g/mol. The van der Waals surface area contributed by atoms with E-state index in [1.807, 2.05) is 0 Å². The predicted molar refractivity (Wildman–Crippen MR) is 78.9 cm³/mol. The van der Waals surface area contributed by atoms with Crippen LogP contribution in [0.2, 0.25) is 7.35 Å². The van der Waals surface area contributed by atoms with Gasteiger partial charge in [0.1, 0.15) is 0 Å². The van der Waals surface area contributed by atoms with Crippen molar-refractivity contribution in [2.24, 2.45) is 35.5 Å². The van der Waals surface area contributed by atoms with E-state index in [2.05, 4.69) is 48.6 Å². The Labute approximate surface area is 133 Å². The van der Waals surface area contributed by atoms with E-state index in [1.54, 1.807) is 6.42 Å². The number of hydrogen-bond acceptors (Lipinski definition) is 0. The van der Waals surface area contributed by atoms with Gasteiger partial charge in [0.2, 0.25) is 0 Å². The molecule has 0 amide bonds. The van der Waals surface area contributed by atoms with E-state index in [4.69, 9.17) is 0 Å². The van der Waals surface area contributed by atoms with Gasteiger partial charge in [-0.2, -0.15) is 0 Å². The Kier molecular flexibility index (Phi) is 2.89. The Hall–Kier alpha value is -0.170. The third-order valence-electron chi connectivity index (χ3n) is 6.58. The fourth-order valence-corrected chi connectivity index (χ4v) is 15.5. The van der Waals surface area contributed by atoms with Crippen LogP contribution < -0.4 is 0 Å². The SMILES string of the molecule is C1=CC2CC3CC4CC5C=CC=CC5[CH]4[Hf][CH]3C2C=C1. The van der Waals surface area contributed by atoms with Gasteiger partial charge in [-0.15, -0.1) is 0 Å². The molecule has 1 saturated heterocycles. The van der Waals surface area contributed by atoms with E-state index < -0.39 is 22.9 Å². The predicted octanol–water partition coefficient (Wildman–Crippen LogP) is 4.81. The molecule has 8 atom stereocenters. The minimum atomic E-state index is -0.512. The molecule has 5 rings (SSSR count). The van der Waals surface area contributed by atoms with E-state index in [9.17, 15) is 0 Å². The van der Waals surface area contributed by atoms with Crippen LogP contribution in [0.3, 0.4) is 0 Å². The molecule has 0 bridgehead atoms. The summed E-state index contributed by atoms with van der Waals surface area (Å²) in [4.78, 5) is 0. The van der Waals surface area contributed by atoms with Gasteiger partial charge in [-0.3, -0.25) is 0 Å². The standard InChI is InChI=1S/C19H22.Hf/c1-2-6-17-11-14(10-16(17)5-1)9-15-12-18-7-3-4-8-19(18)13-15;/h1-8,10,12,14-19H,9,11,13H2;. The Morgan fingerprint density at radius 2 is 1.10 bits per heavy atom. The molecule has 0 nitrogen and oxygen atoms in total. The summed E-state index contributed by atoms with van der Waals surface area (Å²) in [7, 11) is 0. The molecule has 1 heterocycles. The summed E-state index contributed by atoms with van der Waals surface area (Å²) in [6.45, 7) is 0. The molecule has 0 aromatic carbocycles. The maximum atomic E-state index is 2.58. The van der Waals surface area contributed by atoms with Gasteiger partial charge in [-0.1, -0.05) is 0 Å². The van der Waals surface area contributed by atoms with Crippen LogP contribution in [0.4, 0.5) is 0 Å². The normalized spacial score (nSPS) is 54.0. The Morgan fingerprint density at radius 1 is 0.600 bits per heavy atom. The molecular weight excluding hydrogens is 407 g/mol. The summed E-state index contributed by atoms with van der Waals surface area (Å²) in [5.41, 5.74) is 0. The second-order valence-corrected chi connectivity index (χ2v) is 13.5. The Bertz CT molecular complexity index is 480. The molecular formula is C19H22Hf. The van der Waals surface area contributed by atoms with Crippen LogP contribution in [0.5, 0.6) is 0 Å². The fraction of sp³-hybridized carbons (Fsp3) is 0.579. The van der Waals surface area contributed by atoms with Crippen LogP contribution in [0.15, 0.2) is 48.6 Å². The van der Waals surface area contributed by atoms with Crippen molar-refractivity contribution < 1.29 is 22.9 Å². The molecule has 1 heteroatoms. The van der Waals surface area contributed by atoms with Crippen molar-refractivity contribution in [2.75, 3.05) is 0 Å². The van der Waals surface area contributed by atoms with Gasteiger partial charge in [0, 0.05) is 0 Å².